The number of nitrogens with one attached hydrogen (secondary N) is 2. The number of hydrogen-bond donors (Lipinski definition) is 3. The molecule has 20 heavy (non-hydrogen) atoms. The van der Waals surface area contributed by atoms with Crippen LogP contribution in [0.1, 0.15) is 24.3 Å². The van der Waals surface area contributed by atoms with Gasteiger partial charge in [0, 0.05) is 11.8 Å². The molecule has 0 bridgehead atoms. The Kier molecular flexibility index (Phi) is 2.85. The number of aromatic nitrogens is 4. The van der Waals surface area contributed by atoms with Crippen LogP contribution in [-0.2, 0) is 0 Å². The number of anilines is 1. The summed E-state index contributed by atoms with van der Waals surface area (Å²) in [5.74, 6) is 0.243. The Labute approximate surface area is 112 Å². The van der Waals surface area contributed by atoms with Crippen molar-refractivity contribution in [3.05, 3.63) is 38.7 Å². The van der Waals surface area contributed by atoms with Gasteiger partial charge < -0.3 is 10.7 Å². The van der Waals surface area contributed by atoms with E-state index in [1.807, 2.05) is 0 Å². The number of halogens is 1. The van der Waals surface area contributed by atoms with Crippen molar-refractivity contribution in [1.82, 2.24) is 20.2 Å². The molecule has 0 spiro atoms. The highest BCUT2D eigenvalue weighted by molar-refractivity contribution is 5.59. The average molecular weight is 277 g/mol. The summed E-state index contributed by atoms with van der Waals surface area (Å²) in [7, 11) is 0. The van der Waals surface area contributed by atoms with Crippen molar-refractivity contribution in [3.63, 3.8) is 0 Å². The van der Waals surface area contributed by atoms with Crippen molar-refractivity contribution in [2.75, 3.05) is 5.73 Å². The molecule has 0 aliphatic heterocycles. The van der Waals surface area contributed by atoms with Gasteiger partial charge in [0.25, 0.3) is 5.56 Å². The summed E-state index contributed by atoms with van der Waals surface area (Å²) in [5, 5.41) is 7.66. The highest BCUT2D eigenvalue weighted by Gasteiger charge is 2.32. The monoisotopic (exact) mass is 277 g/mol. The van der Waals surface area contributed by atoms with Gasteiger partial charge in [0.15, 0.2) is 0 Å². The number of alkyl halides is 1. The van der Waals surface area contributed by atoms with Crippen LogP contribution in [0.15, 0.2) is 21.9 Å². The number of nitrogens with two attached hydrogens (primary N) is 1. The normalized spacial score (nSPS) is 21.4. The summed E-state index contributed by atoms with van der Waals surface area (Å²) in [6, 6.07) is 1.63. The minimum Gasteiger partial charge on any atom is -0.382 e. The van der Waals surface area contributed by atoms with Crippen LogP contribution in [0.25, 0.3) is 11.3 Å². The number of nitrogens with zero attached hydrogens (tertiary/aromatic N) is 2. The van der Waals surface area contributed by atoms with E-state index in [2.05, 4.69) is 20.2 Å². The molecule has 1 aliphatic rings. The van der Waals surface area contributed by atoms with E-state index >= 15 is 0 Å². The molecule has 0 aromatic carbocycles. The number of aromatic amines is 2. The molecule has 0 saturated heterocycles. The van der Waals surface area contributed by atoms with Crippen LogP contribution >= 0.6 is 0 Å². The van der Waals surface area contributed by atoms with Crippen molar-refractivity contribution in [1.29, 1.82) is 0 Å². The van der Waals surface area contributed by atoms with Crippen LogP contribution in [0.3, 0.4) is 0 Å². The average Bonchev–Trinajstić information content (AvgIpc) is 2.37. The number of rotatable bonds is 2. The van der Waals surface area contributed by atoms with Gasteiger partial charge in [0.05, 0.1) is 5.56 Å². The second-order valence-electron chi connectivity index (χ2n) is 4.82. The summed E-state index contributed by atoms with van der Waals surface area (Å²) in [5.41, 5.74) is 5.77. The van der Waals surface area contributed by atoms with Gasteiger partial charge in [0.2, 0.25) is 0 Å². The smallest absolute Gasteiger partial charge is 0.325 e. The highest BCUT2D eigenvalue weighted by atomic mass is 19.1. The van der Waals surface area contributed by atoms with Gasteiger partial charge in [-0.2, -0.15) is 0 Å². The molecule has 7 nitrogen and oxygen atoms in total. The maximum atomic E-state index is 12.9. The Morgan fingerprint density at radius 1 is 1.30 bits per heavy atom. The number of nitrogen functional groups attached to an aromatic ring is 1. The first-order valence-corrected chi connectivity index (χ1v) is 6.14. The number of hydrogen-bond acceptors (Lipinski definition) is 5. The predicted octanol–water partition coefficient (Wildman–Crippen LogP) is 0.318. The van der Waals surface area contributed by atoms with E-state index in [4.69, 9.17) is 5.73 Å². The minimum absolute atomic E-state index is 0.00101. The molecule has 2 aromatic heterocycles. The van der Waals surface area contributed by atoms with Crippen molar-refractivity contribution in [2.45, 2.75) is 24.9 Å². The topological polar surface area (TPSA) is 118 Å². The fourth-order valence-corrected chi connectivity index (χ4v) is 2.28. The van der Waals surface area contributed by atoms with E-state index in [0.717, 1.165) is 0 Å². The lowest BCUT2D eigenvalue weighted by Crippen LogP contribution is -2.25. The van der Waals surface area contributed by atoms with Gasteiger partial charge in [-0.15, -0.1) is 10.2 Å². The first-order chi connectivity index (χ1) is 9.54. The fourth-order valence-electron chi connectivity index (χ4n) is 2.28. The Morgan fingerprint density at radius 3 is 2.70 bits per heavy atom. The molecule has 4 N–H and O–H groups in total. The lowest BCUT2D eigenvalue weighted by Gasteiger charge is -2.30. The van der Waals surface area contributed by atoms with Gasteiger partial charge in [-0.05, 0) is 24.8 Å². The van der Waals surface area contributed by atoms with Crippen LogP contribution in [0, 0.1) is 0 Å². The molecular weight excluding hydrogens is 265 g/mol. The third-order valence-corrected chi connectivity index (χ3v) is 3.47. The quantitative estimate of drug-likeness (QED) is 0.730. The third-order valence-electron chi connectivity index (χ3n) is 3.47. The molecule has 3 rings (SSSR count). The molecule has 0 unspecified atom stereocenters. The van der Waals surface area contributed by atoms with E-state index in [9.17, 15) is 14.0 Å². The lowest BCUT2D eigenvalue weighted by molar-refractivity contribution is 0.179. The molecule has 2 aromatic rings. The molecule has 1 fully saturated rings. The second-order valence-corrected chi connectivity index (χ2v) is 4.82. The standard InChI is InChI=1S/C12H12FN5O2/c13-6-1-5(2-6)7-3-9(17-18-10(7)14)8-4-15-12(20)16-11(8)19/h3-6H,1-2H2,(H2,14,18)(H2,15,16,19,20). The van der Waals surface area contributed by atoms with Gasteiger partial charge in [-0.25, -0.2) is 9.18 Å². The Balaban J connectivity index is 2.04. The van der Waals surface area contributed by atoms with Crippen molar-refractivity contribution < 1.29 is 4.39 Å². The highest BCUT2D eigenvalue weighted by Crippen LogP contribution is 2.41. The molecule has 104 valence electrons. The van der Waals surface area contributed by atoms with Gasteiger partial charge in [-0.1, -0.05) is 0 Å². The molecular formula is C12H12FN5O2. The van der Waals surface area contributed by atoms with Gasteiger partial charge in [0.1, 0.15) is 17.7 Å². The van der Waals surface area contributed by atoms with Gasteiger partial charge in [-0.3, -0.25) is 9.78 Å². The number of H-pyrrole nitrogens is 2. The van der Waals surface area contributed by atoms with E-state index in [1.54, 1.807) is 6.07 Å². The predicted molar refractivity (Wildman–Crippen MR) is 70.0 cm³/mol. The van der Waals surface area contributed by atoms with E-state index in [-0.39, 0.29) is 17.3 Å². The minimum atomic E-state index is -0.813. The van der Waals surface area contributed by atoms with E-state index in [1.165, 1.54) is 6.20 Å². The molecule has 0 radical (unpaired) electrons. The van der Waals surface area contributed by atoms with Crippen LogP contribution < -0.4 is 17.0 Å². The second kappa shape index (κ2) is 4.55. The maximum absolute atomic E-state index is 12.9. The molecule has 0 atom stereocenters. The molecule has 1 saturated carbocycles. The molecule has 0 amide bonds. The maximum Gasteiger partial charge on any atom is 0.325 e. The summed E-state index contributed by atoms with van der Waals surface area (Å²) in [4.78, 5) is 27.2. The van der Waals surface area contributed by atoms with E-state index < -0.39 is 17.4 Å². The van der Waals surface area contributed by atoms with Crippen LogP contribution in [0.2, 0.25) is 0 Å². The summed E-state index contributed by atoms with van der Waals surface area (Å²) in [6.45, 7) is 0. The van der Waals surface area contributed by atoms with Gasteiger partial charge >= 0.3 is 5.69 Å². The first kappa shape index (κ1) is 12.5. The Hall–Kier alpha value is -2.51. The van der Waals surface area contributed by atoms with Crippen molar-refractivity contribution in [2.24, 2.45) is 0 Å². The van der Waals surface area contributed by atoms with Crippen LogP contribution in [0.4, 0.5) is 10.2 Å². The van der Waals surface area contributed by atoms with Crippen LogP contribution in [0.5, 0.6) is 0 Å². The SMILES string of the molecule is Nc1nnc(-c2c[nH]c(=O)[nH]c2=O)cc1C1CC(F)C1. The Bertz CT molecular complexity index is 763. The zero-order valence-corrected chi connectivity index (χ0v) is 10.4. The third kappa shape index (κ3) is 2.09. The fraction of sp³-hybridized carbons (Fsp3) is 0.333. The molecule has 1 aliphatic carbocycles. The van der Waals surface area contributed by atoms with Crippen LogP contribution in [-0.4, -0.2) is 26.3 Å². The van der Waals surface area contributed by atoms with E-state index in [0.29, 0.717) is 24.1 Å². The first-order valence-electron chi connectivity index (χ1n) is 6.14. The lowest BCUT2D eigenvalue weighted by atomic mass is 9.78. The zero-order chi connectivity index (χ0) is 14.3. The van der Waals surface area contributed by atoms with Crippen molar-refractivity contribution >= 4 is 5.82 Å². The summed E-state index contributed by atoms with van der Waals surface area (Å²) in [6.07, 6.45) is 1.26. The molecule has 8 heteroatoms. The molecule has 2 heterocycles. The largest absolute Gasteiger partial charge is 0.382 e. The summed E-state index contributed by atoms with van der Waals surface area (Å²) < 4.78 is 12.9. The van der Waals surface area contributed by atoms with Crippen molar-refractivity contribution in [3.8, 4) is 11.3 Å². The summed E-state index contributed by atoms with van der Waals surface area (Å²) >= 11 is 0. The Morgan fingerprint density at radius 2 is 2.05 bits per heavy atom. The zero-order valence-electron chi connectivity index (χ0n) is 10.4.